The third-order valence-corrected chi connectivity index (χ3v) is 4.01. The zero-order chi connectivity index (χ0) is 13.3. The smallest absolute Gasteiger partial charge is 0.323 e. The molecule has 0 aromatic rings. The fraction of sp³-hybridized carbons (Fsp3) is 0.750. The maximum absolute atomic E-state index is 11.1. The van der Waals surface area contributed by atoms with Crippen LogP contribution >= 0.6 is 21.6 Å². The van der Waals surface area contributed by atoms with Gasteiger partial charge in [-0.25, -0.2) is 0 Å². The molecule has 0 spiro atoms. The van der Waals surface area contributed by atoms with E-state index < -0.39 is 24.0 Å². The maximum atomic E-state index is 11.1. The molecule has 0 aliphatic rings. The van der Waals surface area contributed by atoms with E-state index in [9.17, 15) is 9.59 Å². The van der Waals surface area contributed by atoms with Crippen LogP contribution in [0.3, 0.4) is 0 Å². The monoisotopic (exact) mass is 284 g/mol. The molecule has 0 rings (SSSR count). The average molecular weight is 284 g/mol. The molecule has 0 aromatic heterocycles. The van der Waals surface area contributed by atoms with Crippen LogP contribution in [0.2, 0.25) is 0 Å². The molecule has 6 N–H and O–H groups in total. The van der Waals surface area contributed by atoms with E-state index in [0.29, 0.717) is 5.75 Å². The van der Waals surface area contributed by atoms with Crippen molar-refractivity contribution in [2.24, 2.45) is 11.5 Å². The minimum absolute atomic E-state index is 0.0752. The number of aliphatic hydroxyl groups is 1. The minimum Gasteiger partial charge on any atom is -0.480 e. The number of rotatable bonds is 9. The van der Waals surface area contributed by atoms with E-state index in [1.54, 1.807) is 0 Å². The van der Waals surface area contributed by atoms with E-state index in [-0.39, 0.29) is 19.0 Å². The number of nitrogens with two attached hydrogens (primary N) is 2. The molecular formula is C8H16N2O5S2. The number of ether oxygens (including phenoxy) is 1. The highest BCUT2D eigenvalue weighted by atomic mass is 33.1. The van der Waals surface area contributed by atoms with Gasteiger partial charge in [0.25, 0.3) is 0 Å². The molecule has 100 valence electrons. The number of hydrogen-bond donors (Lipinski definition) is 4. The van der Waals surface area contributed by atoms with Gasteiger partial charge in [0, 0.05) is 11.5 Å². The summed E-state index contributed by atoms with van der Waals surface area (Å²) in [5.74, 6) is -1.13. The average Bonchev–Trinajstić information content (AvgIpc) is 2.30. The first-order valence-electron chi connectivity index (χ1n) is 4.75. The number of hydrogen-bond acceptors (Lipinski definition) is 8. The lowest BCUT2D eigenvalue weighted by Crippen LogP contribution is -2.35. The fourth-order valence-corrected chi connectivity index (χ4v) is 2.86. The van der Waals surface area contributed by atoms with Gasteiger partial charge >= 0.3 is 11.9 Å². The highest BCUT2D eigenvalue weighted by Crippen LogP contribution is 2.22. The van der Waals surface area contributed by atoms with Crippen LogP contribution in [0, 0.1) is 0 Å². The Morgan fingerprint density at radius 2 is 1.71 bits per heavy atom. The van der Waals surface area contributed by atoms with Crippen molar-refractivity contribution in [3.8, 4) is 0 Å². The maximum Gasteiger partial charge on any atom is 0.323 e. The van der Waals surface area contributed by atoms with E-state index in [0.717, 1.165) is 0 Å². The molecule has 7 nitrogen and oxygen atoms in total. The topological polar surface area (TPSA) is 136 Å². The van der Waals surface area contributed by atoms with Gasteiger partial charge in [0.05, 0.1) is 6.61 Å². The SMILES string of the molecule is NC(CSSC[C@H](N)C(=O)OCCO)C(=O)O. The van der Waals surface area contributed by atoms with Crippen molar-refractivity contribution >= 4 is 33.5 Å². The largest absolute Gasteiger partial charge is 0.480 e. The molecule has 1 unspecified atom stereocenters. The normalized spacial score (nSPS) is 14.1. The minimum atomic E-state index is -1.07. The Bertz CT molecular complexity index is 254. The molecule has 0 amide bonds. The van der Waals surface area contributed by atoms with Gasteiger partial charge in [0.2, 0.25) is 0 Å². The zero-order valence-electron chi connectivity index (χ0n) is 9.07. The van der Waals surface area contributed by atoms with Crippen LogP contribution in [0.1, 0.15) is 0 Å². The predicted octanol–water partition coefficient (Wildman–Crippen LogP) is -1.36. The summed E-state index contributed by atoms with van der Waals surface area (Å²) in [6.07, 6.45) is 0. The molecule has 9 heteroatoms. The van der Waals surface area contributed by atoms with Crippen molar-refractivity contribution in [3.05, 3.63) is 0 Å². The molecule has 0 aliphatic heterocycles. The molecule has 0 aromatic carbocycles. The number of esters is 1. The number of aliphatic hydroxyl groups excluding tert-OH is 1. The number of carboxylic acid groups (broad SMARTS) is 1. The number of carbonyl (C=O) groups is 2. The van der Waals surface area contributed by atoms with Crippen LogP contribution in [0.5, 0.6) is 0 Å². The molecule has 0 heterocycles. The van der Waals surface area contributed by atoms with Crippen LogP contribution in [-0.4, -0.2) is 59.0 Å². The van der Waals surface area contributed by atoms with Crippen molar-refractivity contribution in [1.82, 2.24) is 0 Å². The van der Waals surface area contributed by atoms with Gasteiger partial charge in [-0.05, 0) is 0 Å². The van der Waals surface area contributed by atoms with E-state index in [1.165, 1.54) is 21.6 Å². The lowest BCUT2D eigenvalue weighted by atomic mass is 10.4. The van der Waals surface area contributed by atoms with Crippen LogP contribution < -0.4 is 11.5 Å². The van der Waals surface area contributed by atoms with Crippen molar-refractivity contribution < 1.29 is 24.5 Å². The highest BCUT2D eigenvalue weighted by Gasteiger charge is 2.16. The summed E-state index contributed by atoms with van der Waals surface area (Å²) in [6.45, 7) is -0.317. The van der Waals surface area contributed by atoms with Gasteiger partial charge in [-0.1, -0.05) is 21.6 Å². The number of aliphatic carboxylic acids is 1. The summed E-state index contributed by atoms with van der Waals surface area (Å²) < 4.78 is 4.61. The van der Waals surface area contributed by atoms with Gasteiger partial charge in [-0.15, -0.1) is 0 Å². The Hall–Kier alpha value is -0.480. The van der Waals surface area contributed by atoms with E-state index in [4.69, 9.17) is 21.7 Å². The molecule has 0 bridgehead atoms. The predicted molar refractivity (Wildman–Crippen MR) is 66.5 cm³/mol. The Morgan fingerprint density at radius 1 is 1.18 bits per heavy atom. The fourth-order valence-electron chi connectivity index (χ4n) is 0.635. The van der Waals surface area contributed by atoms with Crippen molar-refractivity contribution in [1.29, 1.82) is 0 Å². The van der Waals surface area contributed by atoms with Crippen molar-refractivity contribution in [3.63, 3.8) is 0 Å². The second kappa shape index (κ2) is 9.54. The molecule has 0 saturated heterocycles. The van der Waals surface area contributed by atoms with E-state index in [1.807, 2.05) is 0 Å². The van der Waals surface area contributed by atoms with Gasteiger partial charge in [0.1, 0.15) is 18.7 Å². The molecular weight excluding hydrogens is 268 g/mol. The van der Waals surface area contributed by atoms with Crippen molar-refractivity contribution in [2.75, 3.05) is 24.7 Å². The molecule has 2 atom stereocenters. The molecule has 0 aliphatic carbocycles. The van der Waals surface area contributed by atoms with Crippen LogP contribution in [0.4, 0.5) is 0 Å². The van der Waals surface area contributed by atoms with E-state index in [2.05, 4.69) is 4.74 Å². The second-order valence-electron chi connectivity index (χ2n) is 3.01. The summed E-state index contributed by atoms with van der Waals surface area (Å²) in [7, 11) is 2.49. The Morgan fingerprint density at radius 3 is 2.18 bits per heavy atom. The molecule has 17 heavy (non-hydrogen) atoms. The Balaban J connectivity index is 3.60. The van der Waals surface area contributed by atoms with Gasteiger partial charge in [-0.3, -0.25) is 9.59 Å². The zero-order valence-corrected chi connectivity index (χ0v) is 10.7. The quantitative estimate of drug-likeness (QED) is 0.230. The number of carboxylic acids is 1. The van der Waals surface area contributed by atoms with Crippen LogP contribution in [-0.2, 0) is 14.3 Å². The first-order valence-corrected chi connectivity index (χ1v) is 7.23. The van der Waals surface area contributed by atoms with Gasteiger partial charge in [-0.2, -0.15) is 0 Å². The first-order chi connectivity index (χ1) is 7.99. The number of carbonyl (C=O) groups excluding carboxylic acids is 1. The summed E-state index contributed by atoms with van der Waals surface area (Å²) in [5.41, 5.74) is 10.8. The standard InChI is InChI=1S/C8H16N2O5S2/c9-5(7(12)13)3-16-17-4-6(10)8(14)15-2-1-11/h5-6,11H,1-4,9-10H2,(H,12,13)/t5?,6-/m0/s1. The molecule has 0 saturated carbocycles. The Kier molecular flexibility index (Phi) is 9.27. The first kappa shape index (κ1) is 16.5. The third-order valence-electron chi connectivity index (χ3n) is 1.53. The van der Waals surface area contributed by atoms with Gasteiger partial charge < -0.3 is 26.4 Å². The summed E-state index contributed by atoms with van der Waals surface area (Å²) in [4.78, 5) is 21.5. The van der Waals surface area contributed by atoms with Crippen molar-refractivity contribution in [2.45, 2.75) is 12.1 Å². The van der Waals surface area contributed by atoms with Crippen LogP contribution in [0.15, 0.2) is 0 Å². The highest BCUT2D eigenvalue weighted by molar-refractivity contribution is 8.76. The summed E-state index contributed by atoms with van der Waals surface area (Å²) in [5, 5.41) is 16.9. The van der Waals surface area contributed by atoms with E-state index >= 15 is 0 Å². The summed E-state index contributed by atoms with van der Waals surface area (Å²) in [6, 6.07) is -1.72. The lowest BCUT2D eigenvalue weighted by Gasteiger charge is -2.10. The summed E-state index contributed by atoms with van der Waals surface area (Å²) >= 11 is 0. The van der Waals surface area contributed by atoms with Crippen LogP contribution in [0.25, 0.3) is 0 Å². The molecule has 0 radical (unpaired) electrons. The second-order valence-corrected chi connectivity index (χ2v) is 5.56. The molecule has 0 fully saturated rings. The Labute approximate surface area is 107 Å². The van der Waals surface area contributed by atoms with Gasteiger partial charge in [0.15, 0.2) is 0 Å². The lowest BCUT2D eigenvalue weighted by molar-refractivity contribution is -0.145. The third kappa shape index (κ3) is 8.27.